The molecule has 1 heterocycles. The molecule has 0 radical (unpaired) electrons. The fraction of sp³-hybridized carbons (Fsp3) is 0.517. The molecule has 1 saturated carbocycles. The van der Waals surface area contributed by atoms with Gasteiger partial charge in [-0.25, -0.2) is 18.1 Å². The third-order valence-corrected chi connectivity index (χ3v) is 9.35. The third-order valence-electron chi connectivity index (χ3n) is 7.91. The number of anilines is 2. The van der Waals surface area contributed by atoms with Crippen molar-refractivity contribution >= 4 is 32.7 Å². The SMILES string of the molecule is CCC(C)(C)c1ccc(S(=O)(=O)NC[C@H]2CC[C@H](CNc3nc(N(C)C)c4ccccc4n3)CC2)cc1. The van der Waals surface area contributed by atoms with Crippen LogP contribution in [0.5, 0.6) is 0 Å². The zero-order valence-corrected chi connectivity index (χ0v) is 23.6. The van der Waals surface area contributed by atoms with E-state index in [1.165, 1.54) is 0 Å². The molecule has 0 saturated heterocycles. The van der Waals surface area contributed by atoms with E-state index in [0.29, 0.717) is 29.2 Å². The minimum Gasteiger partial charge on any atom is -0.362 e. The van der Waals surface area contributed by atoms with Gasteiger partial charge in [-0.05, 0) is 79.2 Å². The summed E-state index contributed by atoms with van der Waals surface area (Å²) in [6.07, 6.45) is 5.16. The molecular weight excluding hydrogens is 482 g/mol. The quantitative estimate of drug-likeness (QED) is 0.361. The monoisotopic (exact) mass is 523 g/mol. The number of hydrogen-bond donors (Lipinski definition) is 2. The predicted molar refractivity (Wildman–Crippen MR) is 153 cm³/mol. The van der Waals surface area contributed by atoms with Crippen LogP contribution in [0.25, 0.3) is 10.9 Å². The smallest absolute Gasteiger partial charge is 0.240 e. The Labute approximate surface area is 222 Å². The number of fused-ring (bicyclic) bond motifs is 1. The fourth-order valence-electron chi connectivity index (χ4n) is 4.96. The van der Waals surface area contributed by atoms with E-state index in [-0.39, 0.29) is 5.41 Å². The van der Waals surface area contributed by atoms with E-state index >= 15 is 0 Å². The van der Waals surface area contributed by atoms with Gasteiger partial charge in [0.05, 0.1) is 10.4 Å². The standard InChI is InChI=1S/C29H41N5O2S/c1-6-29(2,3)23-15-17-24(18-16-23)37(35,36)31-20-22-13-11-21(12-14-22)19-30-28-32-26-10-8-7-9-25(26)27(33-28)34(4)5/h7-10,15-18,21-22,31H,6,11-14,19-20H2,1-5H3,(H,30,32,33)/t21-,22-. The summed E-state index contributed by atoms with van der Waals surface area (Å²) in [5.74, 6) is 2.46. The van der Waals surface area contributed by atoms with Crippen LogP contribution in [0, 0.1) is 11.8 Å². The maximum absolute atomic E-state index is 12.9. The Morgan fingerprint density at radius 1 is 0.919 bits per heavy atom. The van der Waals surface area contributed by atoms with Gasteiger partial charge in [0, 0.05) is 32.6 Å². The molecule has 4 rings (SSSR count). The van der Waals surface area contributed by atoms with Gasteiger partial charge in [0.25, 0.3) is 0 Å². The van der Waals surface area contributed by atoms with Crippen LogP contribution >= 0.6 is 0 Å². The summed E-state index contributed by atoms with van der Waals surface area (Å²) in [7, 11) is 0.492. The van der Waals surface area contributed by atoms with Crippen LogP contribution in [0.3, 0.4) is 0 Å². The molecule has 2 N–H and O–H groups in total. The molecule has 200 valence electrons. The first kappa shape index (κ1) is 27.3. The highest BCUT2D eigenvalue weighted by Gasteiger charge is 2.24. The lowest BCUT2D eigenvalue weighted by Gasteiger charge is -2.29. The van der Waals surface area contributed by atoms with Gasteiger partial charge in [-0.15, -0.1) is 0 Å². The molecule has 2 aromatic carbocycles. The highest BCUT2D eigenvalue weighted by atomic mass is 32.2. The number of para-hydroxylation sites is 1. The molecule has 7 nitrogen and oxygen atoms in total. The molecule has 8 heteroatoms. The van der Waals surface area contributed by atoms with Crippen LogP contribution in [0.2, 0.25) is 0 Å². The number of benzene rings is 2. The van der Waals surface area contributed by atoms with Crippen molar-refractivity contribution in [3.63, 3.8) is 0 Å². The highest BCUT2D eigenvalue weighted by molar-refractivity contribution is 7.89. The van der Waals surface area contributed by atoms with Crippen molar-refractivity contribution in [3.05, 3.63) is 54.1 Å². The molecule has 37 heavy (non-hydrogen) atoms. The van der Waals surface area contributed by atoms with Crippen LogP contribution in [-0.2, 0) is 15.4 Å². The molecule has 1 aliphatic carbocycles. The molecule has 1 fully saturated rings. The second-order valence-corrected chi connectivity index (χ2v) is 12.9. The molecule has 0 spiro atoms. The Balaban J connectivity index is 1.27. The number of rotatable bonds is 10. The first-order valence-electron chi connectivity index (χ1n) is 13.4. The van der Waals surface area contributed by atoms with E-state index in [1.54, 1.807) is 12.1 Å². The van der Waals surface area contributed by atoms with Crippen LogP contribution in [0.4, 0.5) is 11.8 Å². The maximum atomic E-state index is 12.9. The molecule has 3 aromatic rings. The number of sulfonamides is 1. The number of nitrogens with zero attached hydrogens (tertiary/aromatic N) is 3. The van der Waals surface area contributed by atoms with E-state index in [9.17, 15) is 8.42 Å². The zero-order valence-electron chi connectivity index (χ0n) is 22.8. The fourth-order valence-corrected chi connectivity index (χ4v) is 6.07. The lowest BCUT2D eigenvalue weighted by molar-refractivity contribution is 0.284. The largest absolute Gasteiger partial charge is 0.362 e. The second kappa shape index (κ2) is 11.4. The molecule has 0 atom stereocenters. The van der Waals surface area contributed by atoms with Crippen molar-refractivity contribution in [2.45, 2.75) is 63.2 Å². The highest BCUT2D eigenvalue weighted by Crippen LogP contribution is 2.30. The first-order valence-corrected chi connectivity index (χ1v) is 14.9. The van der Waals surface area contributed by atoms with Crippen molar-refractivity contribution in [2.24, 2.45) is 11.8 Å². The Hall–Kier alpha value is -2.71. The molecule has 1 aromatic heterocycles. The first-order chi connectivity index (χ1) is 17.6. The number of nitrogens with one attached hydrogen (secondary N) is 2. The summed E-state index contributed by atoms with van der Waals surface area (Å²) >= 11 is 0. The molecule has 0 aliphatic heterocycles. The van der Waals surface area contributed by atoms with Gasteiger partial charge < -0.3 is 10.2 Å². The molecular formula is C29H41N5O2S. The summed E-state index contributed by atoms with van der Waals surface area (Å²) in [5, 5.41) is 4.50. The average Bonchev–Trinajstić information content (AvgIpc) is 2.91. The number of aromatic nitrogens is 2. The summed E-state index contributed by atoms with van der Waals surface area (Å²) in [6, 6.07) is 15.4. The average molecular weight is 524 g/mol. The second-order valence-electron chi connectivity index (χ2n) is 11.2. The van der Waals surface area contributed by atoms with Gasteiger partial charge >= 0.3 is 0 Å². The van der Waals surface area contributed by atoms with E-state index in [4.69, 9.17) is 9.97 Å². The molecule has 1 aliphatic rings. The van der Waals surface area contributed by atoms with Crippen molar-refractivity contribution in [2.75, 3.05) is 37.4 Å². The van der Waals surface area contributed by atoms with Gasteiger partial charge in [0.1, 0.15) is 5.82 Å². The van der Waals surface area contributed by atoms with Gasteiger partial charge in [-0.1, -0.05) is 45.0 Å². The van der Waals surface area contributed by atoms with Crippen molar-refractivity contribution in [1.29, 1.82) is 0 Å². The zero-order chi connectivity index (χ0) is 26.6. The van der Waals surface area contributed by atoms with Gasteiger partial charge in [-0.3, -0.25) is 0 Å². The summed E-state index contributed by atoms with van der Waals surface area (Å²) in [4.78, 5) is 11.8. The van der Waals surface area contributed by atoms with Gasteiger partial charge in [0.15, 0.2) is 0 Å². The molecule has 0 amide bonds. The van der Waals surface area contributed by atoms with Crippen molar-refractivity contribution in [3.8, 4) is 0 Å². The van der Waals surface area contributed by atoms with Crippen LogP contribution in [-0.4, -0.2) is 45.6 Å². The van der Waals surface area contributed by atoms with Gasteiger partial charge in [0.2, 0.25) is 16.0 Å². The van der Waals surface area contributed by atoms with E-state index in [2.05, 4.69) is 30.8 Å². The normalized spacial score (nSPS) is 18.6. The Bertz CT molecular complexity index is 1300. The number of hydrogen-bond acceptors (Lipinski definition) is 6. The topological polar surface area (TPSA) is 87.2 Å². The summed E-state index contributed by atoms with van der Waals surface area (Å²) < 4.78 is 28.6. The minimum absolute atomic E-state index is 0.0400. The Morgan fingerprint density at radius 3 is 2.16 bits per heavy atom. The van der Waals surface area contributed by atoms with Gasteiger partial charge in [-0.2, -0.15) is 4.98 Å². The van der Waals surface area contributed by atoms with E-state index < -0.39 is 10.0 Å². The summed E-state index contributed by atoms with van der Waals surface area (Å²) in [6.45, 7) is 7.82. The summed E-state index contributed by atoms with van der Waals surface area (Å²) in [5.41, 5.74) is 2.13. The molecule has 0 unspecified atom stereocenters. The molecule has 0 bridgehead atoms. The minimum atomic E-state index is -3.50. The lowest BCUT2D eigenvalue weighted by atomic mass is 9.82. The van der Waals surface area contributed by atoms with Crippen LogP contribution < -0.4 is 14.9 Å². The van der Waals surface area contributed by atoms with Crippen LogP contribution in [0.15, 0.2) is 53.4 Å². The maximum Gasteiger partial charge on any atom is 0.240 e. The van der Waals surface area contributed by atoms with E-state index in [1.807, 2.05) is 55.4 Å². The third kappa shape index (κ3) is 6.60. The predicted octanol–water partition coefficient (Wildman–Crippen LogP) is 5.58. The lowest BCUT2D eigenvalue weighted by Crippen LogP contribution is -2.32. The van der Waals surface area contributed by atoms with Crippen LogP contribution in [0.1, 0.15) is 58.4 Å². The Morgan fingerprint density at radius 2 is 1.54 bits per heavy atom. The Kier molecular flexibility index (Phi) is 8.39. The van der Waals surface area contributed by atoms with Crippen molar-refractivity contribution < 1.29 is 8.42 Å². The van der Waals surface area contributed by atoms with E-state index in [0.717, 1.165) is 60.9 Å². The van der Waals surface area contributed by atoms with Crippen molar-refractivity contribution in [1.82, 2.24) is 14.7 Å².